The Morgan fingerprint density at radius 3 is 2.77 bits per heavy atom. The number of methoxy groups -OCH3 is 1. The predicted molar refractivity (Wildman–Crippen MR) is 81.9 cm³/mol. The molecule has 0 aliphatic carbocycles. The number of nitrogens with two attached hydrogens (primary N) is 1. The Morgan fingerprint density at radius 2 is 2.09 bits per heavy atom. The monoisotopic (exact) mass is 320 g/mol. The van der Waals surface area contributed by atoms with Crippen LogP contribution >= 0.6 is 11.6 Å². The number of carbonyl (C=O) groups is 2. The third-order valence-corrected chi connectivity index (χ3v) is 3.15. The highest BCUT2D eigenvalue weighted by atomic mass is 35.5. The maximum Gasteiger partial charge on any atom is 0.339 e. The van der Waals surface area contributed by atoms with E-state index in [1.807, 2.05) is 5.43 Å². The van der Waals surface area contributed by atoms with Crippen molar-refractivity contribution < 1.29 is 18.7 Å². The molecule has 0 bridgehead atoms. The lowest BCUT2D eigenvalue weighted by molar-refractivity contribution is -0.116. The lowest BCUT2D eigenvalue weighted by Crippen LogP contribution is -2.27. The molecule has 0 saturated heterocycles. The number of amides is 1. The maximum absolute atomic E-state index is 11.6. The normalized spacial score (nSPS) is 10.7. The predicted octanol–water partition coefficient (Wildman–Crippen LogP) is 2.39. The lowest BCUT2D eigenvalue weighted by Gasteiger charge is -2.04. The fourth-order valence-corrected chi connectivity index (χ4v) is 1.94. The second-order valence-corrected chi connectivity index (χ2v) is 4.64. The number of hydrogen-bond acceptors (Lipinski definition) is 5. The molecule has 0 saturated carbocycles. The molecular formula is C15H13ClN2O4. The van der Waals surface area contributed by atoms with Crippen molar-refractivity contribution in [3.63, 3.8) is 0 Å². The first-order valence-electron chi connectivity index (χ1n) is 6.22. The van der Waals surface area contributed by atoms with Crippen molar-refractivity contribution in [3.8, 4) is 11.3 Å². The van der Waals surface area contributed by atoms with Gasteiger partial charge in [0.2, 0.25) is 0 Å². The second kappa shape index (κ2) is 6.93. The van der Waals surface area contributed by atoms with Crippen molar-refractivity contribution in [3.05, 3.63) is 52.8 Å². The zero-order valence-corrected chi connectivity index (χ0v) is 12.4. The van der Waals surface area contributed by atoms with Gasteiger partial charge >= 0.3 is 5.97 Å². The van der Waals surface area contributed by atoms with E-state index in [0.29, 0.717) is 22.1 Å². The zero-order valence-electron chi connectivity index (χ0n) is 11.6. The topological polar surface area (TPSA) is 94.6 Å². The number of ether oxygens (including phenoxy) is 1. The Balaban J connectivity index is 2.29. The van der Waals surface area contributed by atoms with E-state index in [1.54, 1.807) is 30.3 Å². The summed E-state index contributed by atoms with van der Waals surface area (Å²) in [6, 6.07) is 8.27. The summed E-state index contributed by atoms with van der Waals surface area (Å²) >= 11 is 5.96. The average Bonchev–Trinajstić information content (AvgIpc) is 3.01. The van der Waals surface area contributed by atoms with Crippen LogP contribution in [0.1, 0.15) is 16.1 Å². The molecule has 1 heterocycles. The molecule has 114 valence electrons. The van der Waals surface area contributed by atoms with Gasteiger partial charge in [-0.2, -0.15) is 0 Å². The van der Waals surface area contributed by atoms with E-state index in [4.69, 9.17) is 21.9 Å². The van der Waals surface area contributed by atoms with Crippen LogP contribution in [-0.4, -0.2) is 19.0 Å². The fraction of sp³-hybridized carbons (Fsp3) is 0.0667. The van der Waals surface area contributed by atoms with Crippen LogP contribution in [0.3, 0.4) is 0 Å². The number of benzene rings is 1. The Morgan fingerprint density at radius 1 is 1.32 bits per heavy atom. The first-order chi connectivity index (χ1) is 10.5. The Kier molecular flexibility index (Phi) is 4.98. The molecule has 7 heteroatoms. The molecule has 0 fully saturated rings. The number of carbonyl (C=O) groups excluding carboxylic acids is 2. The molecule has 1 aromatic carbocycles. The van der Waals surface area contributed by atoms with Crippen LogP contribution in [0.2, 0.25) is 5.02 Å². The van der Waals surface area contributed by atoms with Crippen LogP contribution in [0.4, 0.5) is 0 Å². The number of rotatable bonds is 4. The standard InChI is InChI=1S/C15H13ClN2O4/c1-21-15(20)11-8-9(2-5-12(11)16)13-6-3-10(22-13)4-7-14(19)18-17/h2-8H,17H2,1H3,(H,18,19)/b7-4+. The minimum Gasteiger partial charge on any atom is -0.465 e. The second-order valence-electron chi connectivity index (χ2n) is 4.23. The van der Waals surface area contributed by atoms with E-state index in [1.165, 1.54) is 19.3 Å². The van der Waals surface area contributed by atoms with Gasteiger partial charge in [-0.25, -0.2) is 10.6 Å². The van der Waals surface area contributed by atoms with Gasteiger partial charge < -0.3 is 9.15 Å². The molecule has 2 rings (SSSR count). The molecule has 0 atom stereocenters. The maximum atomic E-state index is 11.6. The number of hydrazine groups is 1. The van der Waals surface area contributed by atoms with E-state index in [2.05, 4.69) is 4.74 Å². The first kappa shape index (κ1) is 15.8. The number of esters is 1. The third-order valence-electron chi connectivity index (χ3n) is 2.82. The summed E-state index contributed by atoms with van der Waals surface area (Å²) in [5.74, 6) is 4.98. The molecule has 0 unspecified atom stereocenters. The van der Waals surface area contributed by atoms with Crippen LogP contribution in [0.25, 0.3) is 17.4 Å². The van der Waals surface area contributed by atoms with E-state index in [-0.39, 0.29) is 5.56 Å². The highest BCUT2D eigenvalue weighted by molar-refractivity contribution is 6.33. The minimum atomic E-state index is -0.529. The number of hydrogen-bond donors (Lipinski definition) is 2. The molecule has 1 aromatic heterocycles. The quantitative estimate of drug-likeness (QED) is 0.296. The van der Waals surface area contributed by atoms with Gasteiger partial charge in [0.15, 0.2) is 0 Å². The van der Waals surface area contributed by atoms with Gasteiger partial charge in [0, 0.05) is 11.6 Å². The average molecular weight is 321 g/mol. The smallest absolute Gasteiger partial charge is 0.339 e. The third kappa shape index (κ3) is 3.55. The summed E-state index contributed by atoms with van der Waals surface area (Å²) in [5, 5.41) is 0.293. The number of furan rings is 1. The van der Waals surface area contributed by atoms with E-state index in [9.17, 15) is 9.59 Å². The van der Waals surface area contributed by atoms with Crippen LogP contribution in [-0.2, 0) is 9.53 Å². The summed E-state index contributed by atoms with van der Waals surface area (Å²) in [6.07, 6.45) is 2.72. The van der Waals surface area contributed by atoms with Crippen molar-refractivity contribution in [2.24, 2.45) is 5.84 Å². The van der Waals surface area contributed by atoms with Crippen LogP contribution in [0.15, 0.2) is 40.8 Å². The zero-order chi connectivity index (χ0) is 16.1. The SMILES string of the molecule is COC(=O)c1cc(-c2ccc(/C=C/C(=O)NN)o2)ccc1Cl. The Bertz CT molecular complexity index is 737. The first-order valence-corrected chi connectivity index (χ1v) is 6.59. The Hall–Kier alpha value is -2.57. The van der Waals surface area contributed by atoms with Crippen molar-refractivity contribution in [1.82, 2.24) is 5.43 Å². The van der Waals surface area contributed by atoms with Crippen LogP contribution in [0.5, 0.6) is 0 Å². The largest absolute Gasteiger partial charge is 0.465 e. The molecule has 6 nitrogen and oxygen atoms in total. The number of nitrogens with one attached hydrogen (secondary N) is 1. The van der Waals surface area contributed by atoms with Gasteiger partial charge in [-0.1, -0.05) is 11.6 Å². The molecule has 3 N–H and O–H groups in total. The van der Waals surface area contributed by atoms with Gasteiger partial charge in [0.05, 0.1) is 17.7 Å². The summed E-state index contributed by atoms with van der Waals surface area (Å²) in [5.41, 5.74) is 2.88. The van der Waals surface area contributed by atoms with Gasteiger partial charge in [0.25, 0.3) is 5.91 Å². The van der Waals surface area contributed by atoms with E-state index < -0.39 is 11.9 Å². The van der Waals surface area contributed by atoms with Crippen molar-refractivity contribution in [2.45, 2.75) is 0 Å². The summed E-state index contributed by atoms with van der Waals surface area (Å²) in [7, 11) is 1.28. The minimum absolute atomic E-state index is 0.248. The van der Waals surface area contributed by atoms with Crippen LogP contribution < -0.4 is 11.3 Å². The summed E-state index contributed by atoms with van der Waals surface area (Å²) < 4.78 is 10.2. The van der Waals surface area contributed by atoms with Gasteiger partial charge in [0.1, 0.15) is 11.5 Å². The van der Waals surface area contributed by atoms with E-state index in [0.717, 1.165) is 0 Å². The molecular weight excluding hydrogens is 308 g/mol. The van der Waals surface area contributed by atoms with Crippen LogP contribution in [0, 0.1) is 0 Å². The molecule has 22 heavy (non-hydrogen) atoms. The molecule has 1 amide bonds. The lowest BCUT2D eigenvalue weighted by atomic mass is 10.1. The fourth-order valence-electron chi connectivity index (χ4n) is 1.75. The molecule has 0 aliphatic rings. The summed E-state index contributed by atoms with van der Waals surface area (Å²) in [6.45, 7) is 0. The summed E-state index contributed by atoms with van der Waals surface area (Å²) in [4.78, 5) is 22.7. The molecule has 0 radical (unpaired) electrons. The van der Waals surface area contributed by atoms with Gasteiger partial charge in [-0.3, -0.25) is 10.2 Å². The molecule has 0 aliphatic heterocycles. The highest BCUT2D eigenvalue weighted by Gasteiger charge is 2.13. The Labute approximate surface area is 131 Å². The number of halogens is 1. The van der Waals surface area contributed by atoms with Crippen molar-refractivity contribution >= 4 is 29.6 Å². The van der Waals surface area contributed by atoms with Gasteiger partial charge in [-0.05, 0) is 36.4 Å². The molecule has 0 spiro atoms. The van der Waals surface area contributed by atoms with E-state index >= 15 is 0 Å². The van der Waals surface area contributed by atoms with Crippen molar-refractivity contribution in [1.29, 1.82) is 0 Å². The van der Waals surface area contributed by atoms with Crippen molar-refractivity contribution in [2.75, 3.05) is 7.11 Å². The highest BCUT2D eigenvalue weighted by Crippen LogP contribution is 2.27. The van der Waals surface area contributed by atoms with Gasteiger partial charge in [-0.15, -0.1) is 0 Å². The molecule has 2 aromatic rings.